The summed E-state index contributed by atoms with van der Waals surface area (Å²) in [7, 11) is 1.33. The van der Waals surface area contributed by atoms with Gasteiger partial charge in [-0.05, 0) is 62.7 Å². The lowest BCUT2D eigenvalue weighted by atomic mass is 10.1. The van der Waals surface area contributed by atoms with E-state index in [2.05, 4.69) is 46.3 Å². The van der Waals surface area contributed by atoms with Gasteiger partial charge in [-0.15, -0.1) is 0 Å². The minimum atomic E-state index is -0.413. The van der Waals surface area contributed by atoms with E-state index in [1.807, 2.05) is 18.5 Å². The Bertz CT molecular complexity index is 1330. The lowest BCUT2D eigenvalue weighted by Gasteiger charge is -2.07. The van der Waals surface area contributed by atoms with Gasteiger partial charge in [-0.2, -0.15) is 5.10 Å². The van der Waals surface area contributed by atoms with E-state index in [9.17, 15) is 9.59 Å². The summed E-state index contributed by atoms with van der Waals surface area (Å²) >= 11 is 0. The highest BCUT2D eigenvalue weighted by atomic mass is 16.5. The summed E-state index contributed by atoms with van der Waals surface area (Å²) < 4.78 is 17.9. The number of ether oxygens (including phenoxy) is 2. The van der Waals surface area contributed by atoms with Crippen molar-refractivity contribution in [3.05, 3.63) is 100 Å². The number of anilines is 1. The minimum Gasteiger partial charge on any atom is -0.486 e. The van der Waals surface area contributed by atoms with Crippen LogP contribution in [-0.4, -0.2) is 28.8 Å². The van der Waals surface area contributed by atoms with Gasteiger partial charge in [-0.3, -0.25) is 9.48 Å². The Kier molecular flexibility index (Phi) is 7.01. The fourth-order valence-electron chi connectivity index (χ4n) is 3.61. The molecule has 2 heterocycles. The third-order valence-electron chi connectivity index (χ3n) is 5.61. The van der Waals surface area contributed by atoms with Crippen molar-refractivity contribution >= 4 is 17.6 Å². The van der Waals surface area contributed by atoms with Gasteiger partial charge in [0.25, 0.3) is 5.91 Å². The fourth-order valence-corrected chi connectivity index (χ4v) is 3.61. The van der Waals surface area contributed by atoms with Crippen molar-refractivity contribution in [3.63, 3.8) is 0 Å². The molecule has 0 aliphatic heterocycles. The number of amides is 1. The van der Waals surface area contributed by atoms with Crippen LogP contribution in [0.2, 0.25) is 0 Å². The van der Waals surface area contributed by atoms with Crippen LogP contribution in [0.3, 0.4) is 0 Å². The zero-order chi connectivity index (χ0) is 24.9. The Morgan fingerprint density at radius 2 is 1.69 bits per heavy atom. The van der Waals surface area contributed by atoms with Crippen molar-refractivity contribution in [1.82, 2.24) is 9.78 Å². The third kappa shape index (κ3) is 5.60. The summed E-state index contributed by atoms with van der Waals surface area (Å²) in [4.78, 5) is 24.3. The van der Waals surface area contributed by atoms with Gasteiger partial charge >= 0.3 is 5.97 Å². The van der Waals surface area contributed by atoms with Gasteiger partial charge in [0.05, 0.1) is 36.3 Å². The zero-order valence-corrected chi connectivity index (χ0v) is 20.1. The highest BCUT2D eigenvalue weighted by Crippen LogP contribution is 2.22. The molecule has 4 rings (SSSR count). The number of benzene rings is 2. The van der Waals surface area contributed by atoms with E-state index < -0.39 is 5.97 Å². The van der Waals surface area contributed by atoms with Crippen LogP contribution in [0.4, 0.5) is 5.69 Å². The number of carbonyl (C=O) groups is 2. The number of carbonyl (C=O) groups excluding carboxylic acids is 2. The number of rotatable bonds is 8. The first kappa shape index (κ1) is 23.8. The van der Waals surface area contributed by atoms with Crippen molar-refractivity contribution in [2.24, 2.45) is 0 Å². The van der Waals surface area contributed by atoms with Crippen molar-refractivity contribution in [3.8, 4) is 5.75 Å². The van der Waals surface area contributed by atoms with Crippen LogP contribution in [-0.2, 0) is 17.9 Å². The van der Waals surface area contributed by atoms with Gasteiger partial charge in [0.1, 0.15) is 18.1 Å². The average Bonchev–Trinajstić information content (AvgIpc) is 3.44. The summed E-state index contributed by atoms with van der Waals surface area (Å²) in [6.45, 7) is 6.59. The highest BCUT2D eigenvalue weighted by Gasteiger charge is 2.18. The van der Waals surface area contributed by atoms with E-state index in [-0.39, 0.29) is 18.3 Å². The summed E-state index contributed by atoms with van der Waals surface area (Å²) in [6, 6.07) is 18.2. The summed E-state index contributed by atoms with van der Waals surface area (Å²) in [5.41, 5.74) is 5.03. The molecule has 4 aromatic rings. The highest BCUT2D eigenvalue weighted by molar-refractivity contribution is 6.03. The van der Waals surface area contributed by atoms with E-state index in [4.69, 9.17) is 9.15 Å². The second-order valence-electron chi connectivity index (χ2n) is 8.21. The number of hydrogen-bond acceptors (Lipinski definition) is 6. The van der Waals surface area contributed by atoms with Gasteiger partial charge in [-0.25, -0.2) is 4.79 Å². The number of furan rings is 1. The lowest BCUT2D eigenvalue weighted by Crippen LogP contribution is -2.12. The molecule has 35 heavy (non-hydrogen) atoms. The maximum Gasteiger partial charge on any atom is 0.337 e. The SMILES string of the molecule is COC(=O)c1ccc(OCc2ccc(C(=O)Nc3c(C)nn(Cc4ccc(C)cc4)c3C)o2)cc1. The van der Waals surface area contributed by atoms with Crippen molar-refractivity contribution < 1.29 is 23.5 Å². The molecule has 0 radical (unpaired) electrons. The molecular formula is C27H27N3O5. The fraction of sp³-hybridized carbons (Fsp3) is 0.222. The normalized spacial score (nSPS) is 10.7. The van der Waals surface area contributed by atoms with Crippen LogP contribution in [0.1, 0.15) is 49.2 Å². The number of aryl methyl sites for hydroxylation is 2. The molecule has 0 aliphatic rings. The largest absolute Gasteiger partial charge is 0.486 e. The molecule has 0 saturated carbocycles. The second-order valence-corrected chi connectivity index (χ2v) is 8.21. The number of nitrogens with zero attached hydrogens (tertiary/aromatic N) is 2. The quantitative estimate of drug-likeness (QED) is 0.359. The maximum absolute atomic E-state index is 12.8. The molecule has 0 unspecified atom stereocenters. The smallest absolute Gasteiger partial charge is 0.337 e. The molecule has 8 nitrogen and oxygen atoms in total. The van der Waals surface area contributed by atoms with Gasteiger partial charge in [0, 0.05) is 0 Å². The number of esters is 1. The van der Waals surface area contributed by atoms with Crippen LogP contribution < -0.4 is 10.1 Å². The standard InChI is InChI=1S/C27H27N3O5/c1-17-5-7-20(8-6-17)15-30-19(3)25(18(2)29-30)28-26(31)24-14-13-23(35-24)16-34-22-11-9-21(10-12-22)27(32)33-4/h5-14H,15-16H2,1-4H3,(H,28,31). The molecule has 180 valence electrons. The Balaban J connectivity index is 1.37. The van der Waals surface area contributed by atoms with Crippen molar-refractivity contribution in [1.29, 1.82) is 0 Å². The van der Waals surface area contributed by atoms with Crippen LogP contribution >= 0.6 is 0 Å². The topological polar surface area (TPSA) is 95.6 Å². The molecule has 2 aromatic carbocycles. The van der Waals surface area contributed by atoms with Crippen molar-refractivity contribution in [2.75, 3.05) is 12.4 Å². The van der Waals surface area contributed by atoms with E-state index in [1.54, 1.807) is 36.4 Å². The van der Waals surface area contributed by atoms with E-state index in [1.165, 1.54) is 12.7 Å². The molecule has 1 amide bonds. The summed E-state index contributed by atoms with van der Waals surface area (Å²) in [5, 5.41) is 7.51. The van der Waals surface area contributed by atoms with Crippen LogP contribution in [0, 0.1) is 20.8 Å². The van der Waals surface area contributed by atoms with Crippen LogP contribution in [0.5, 0.6) is 5.75 Å². The lowest BCUT2D eigenvalue weighted by molar-refractivity contribution is 0.0600. The van der Waals surface area contributed by atoms with Gasteiger partial charge in [0.15, 0.2) is 5.76 Å². The van der Waals surface area contributed by atoms with Crippen LogP contribution in [0.15, 0.2) is 65.1 Å². The first-order valence-corrected chi connectivity index (χ1v) is 11.1. The molecule has 0 spiro atoms. The molecular weight excluding hydrogens is 446 g/mol. The van der Waals surface area contributed by atoms with Gasteiger partial charge < -0.3 is 19.2 Å². The first-order valence-electron chi connectivity index (χ1n) is 11.1. The van der Waals surface area contributed by atoms with E-state index in [0.29, 0.717) is 29.3 Å². The third-order valence-corrected chi connectivity index (χ3v) is 5.61. The molecule has 8 heteroatoms. The Labute approximate surface area is 203 Å². The number of nitrogens with one attached hydrogen (secondary N) is 1. The number of methoxy groups -OCH3 is 1. The molecule has 1 N–H and O–H groups in total. The number of hydrogen-bond donors (Lipinski definition) is 1. The summed E-state index contributed by atoms with van der Waals surface area (Å²) in [5.74, 6) is 0.460. The molecule has 0 saturated heterocycles. The number of aromatic nitrogens is 2. The Morgan fingerprint density at radius 1 is 0.971 bits per heavy atom. The average molecular weight is 474 g/mol. The van der Waals surface area contributed by atoms with E-state index in [0.717, 1.165) is 17.0 Å². The van der Waals surface area contributed by atoms with Crippen LogP contribution in [0.25, 0.3) is 0 Å². The minimum absolute atomic E-state index is 0.136. The molecule has 0 aliphatic carbocycles. The molecule has 2 aromatic heterocycles. The second kappa shape index (κ2) is 10.3. The zero-order valence-electron chi connectivity index (χ0n) is 20.1. The van der Waals surface area contributed by atoms with Gasteiger partial charge in [-0.1, -0.05) is 29.8 Å². The van der Waals surface area contributed by atoms with E-state index >= 15 is 0 Å². The predicted molar refractivity (Wildman–Crippen MR) is 131 cm³/mol. The molecule has 0 bridgehead atoms. The van der Waals surface area contributed by atoms with Gasteiger partial charge in [0.2, 0.25) is 0 Å². The predicted octanol–water partition coefficient (Wildman–Crippen LogP) is 5.07. The Hall–Kier alpha value is -4.33. The Morgan fingerprint density at radius 3 is 2.37 bits per heavy atom. The maximum atomic E-state index is 12.8. The monoisotopic (exact) mass is 473 g/mol. The van der Waals surface area contributed by atoms with Crippen molar-refractivity contribution in [2.45, 2.75) is 33.9 Å². The first-order chi connectivity index (χ1) is 16.8. The molecule has 0 fully saturated rings. The summed E-state index contributed by atoms with van der Waals surface area (Å²) in [6.07, 6.45) is 0. The molecule has 0 atom stereocenters.